The van der Waals surface area contributed by atoms with Gasteiger partial charge >= 0.3 is 0 Å². The van der Waals surface area contributed by atoms with Gasteiger partial charge in [-0.3, -0.25) is 0 Å². The Morgan fingerprint density at radius 2 is 2.27 bits per heavy atom. The fourth-order valence-electron chi connectivity index (χ4n) is 1.39. The third-order valence-corrected chi connectivity index (χ3v) is 3.77. The highest BCUT2D eigenvalue weighted by molar-refractivity contribution is 7.99. The molecule has 0 atom stereocenters. The minimum Gasteiger partial charge on any atom is -0.494 e. The first-order valence-corrected chi connectivity index (χ1v) is 6.43. The van der Waals surface area contributed by atoms with Crippen molar-refractivity contribution >= 4 is 17.4 Å². The minimum absolute atomic E-state index is 0.705. The maximum atomic E-state index is 5.92. The highest BCUT2D eigenvalue weighted by Gasteiger charge is 2.21. The van der Waals surface area contributed by atoms with Crippen LogP contribution >= 0.6 is 11.8 Å². The highest BCUT2D eigenvalue weighted by Crippen LogP contribution is 2.37. The average Bonchev–Trinajstić information content (AvgIpc) is 3.03. The van der Waals surface area contributed by atoms with Gasteiger partial charge < -0.3 is 10.5 Å². The Labute approximate surface area is 95.2 Å². The molecular formula is C12H17NOS. The van der Waals surface area contributed by atoms with Crippen molar-refractivity contribution in [1.82, 2.24) is 0 Å². The highest BCUT2D eigenvalue weighted by atomic mass is 32.2. The Morgan fingerprint density at radius 1 is 1.47 bits per heavy atom. The van der Waals surface area contributed by atoms with Crippen LogP contribution in [0.25, 0.3) is 0 Å². The SMILES string of the molecule is CCOc1ccc(N)c(SCC2CC2)c1. The number of nitrogens with two attached hydrogens (primary N) is 1. The van der Waals surface area contributed by atoms with Crippen molar-refractivity contribution in [3.63, 3.8) is 0 Å². The fourth-order valence-corrected chi connectivity index (χ4v) is 2.57. The Morgan fingerprint density at radius 3 is 2.93 bits per heavy atom. The molecule has 82 valence electrons. The van der Waals surface area contributed by atoms with Crippen molar-refractivity contribution < 1.29 is 4.74 Å². The lowest BCUT2D eigenvalue weighted by atomic mass is 10.3. The second-order valence-corrected chi connectivity index (χ2v) is 4.95. The van der Waals surface area contributed by atoms with Gasteiger partial charge in [-0.15, -0.1) is 11.8 Å². The van der Waals surface area contributed by atoms with Crippen LogP contribution in [0.4, 0.5) is 5.69 Å². The van der Waals surface area contributed by atoms with Gasteiger partial charge in [-0.25, -0.2) is 0 Å². The van der Waals surface area contributed by atoms with Crippen LogP contribution in [0.1, 0.15) is 19.8 Å². The molecule has 2 N–H and O–H groups in total. The fraction of sp³-hybridized carbons (Fsp3) is 0.500. The predicted octanol–water partition coefficient (Wildman–Crippen LogP) is 3.17. The van der Waals surface area contributed by atoms with Gasteiger partial charge in [0.25, 0.3) is 0 Å². The average molecular weight is 223 g/mol. The van der Waals surface area contributed by atoms with Crippen molar-refractivity contribution in [2.24, 2.45) is 5.92 Å². The lowest BCUT2D eigenvalue weighted by Gasteiger charge is -2.08. The lowest BCUT2D eigenvalue weighted by molar-refractivity contribution is 0.339. The van der Waals surface area contributed by atoms with E-state index in [-0.39, 0.29) is 0 Å². The van der Waals surface area contributed by atoms with E-state index in [4.69, 9.17) is 10.5 Å². The Hall–Kier alpha value is -0.830. The zero-order chi connectivity index (χ0) is 10.7. The van der Waals surface area contributed by atoms with Gasteiger partial charge in [0.1, 0.15) is 5.75 Å². The molecular weight excluding hydrogens is 206 g/mol. The molecule has 0 radical (unpaired) electrons. The molecule has 0 saturated heterocycles. The maximum Gasteiger partial charge on any atom is 0.120 e. The smallest absolute Gasteiger partial charge is 0.120 e. The summed E-state index contributed by atoms with van der Waals surface area (Å²) in [6.45, 7) is 2.70. The van der Waals surface area contributed by atoms with Crippen LogP contribution in [0.5, 0.6) is 5.75 Å². The number of hydrogen-bond acceptors (Lipinski definition) is 3. The summed E-state index contributed by atoms with van der Waals surface area (Å²) >= 11 is 1.85. The van der Waals surface area contributed by atoms with E-state index in [1.807, 2.05) is 36.9 Å². The van der Waals surface area contributed by atoms with Gasteiger partial charge in [0.15, 0.2) is 0 Å². The summed E-state index contributed by atoms with van der Waals surface area (Å²) in [4.78, 5) is 1.16. The van der Waals surface area contributed by atoms with E-state index in [0.717, 1.165) is 22.3 Å². The summed E-state index contributed by atoms with van der Waals surface area (Å²) in [5.74, 6) is 3.04. The van der Waals surface area contributed by atoms with Gasteiger partial charge in [-0.05, 0) is 43.9 Å². The zero-order valence-corrected chi connectivity index (χ0v) is 9.85. The van der Waals surface area contributed by atoms with Crippen molar-refractivity contribution in [3.8, 4) is 5.75 Å². The molecule has 0 bridgehead atoms. The van der Waals surface area contributed by atoms with Crippen LogP contribution in [0.15, 0.2) is 23.1 Å². The molecule has 3 heteroatoms. The molecule has 15 heavy (non-hydrogen) atoms. The maximum absolute atomic E-state index is 5.92. The monoisotopic (exact) mass is 223 g/mol. The van der Waals surface area contributed by atoms with Crippen LogP contribution in [-0.2, 0) is 0 Å². The van der Waals surface area contributed by atoms with Crippen LogP contribution in [0.3, 0.4) is 0 Å². The molecule has 0 aromatic heterocycles. The number of rotatable bonds is 5. The first-order valence-electron chi connectivity index (χ1n) is 5.44. The molecule has 0 heterocycles. The van der Waals surface area contributed by atoms with Gasteiger partial charge in [-0.1, -0.05) is 0 Å². The Bertz CT molecular complexity index is 336. The third-order valence-electron chi connectivity index (χ3n) is 2.47. The summed E-state index contributed by atoms with van der Waals surface area (Å²) in [6, 6.07) is 5.91. The van der Waals surface area contributed by atoms with Crippen molar-refractivity contribution in [2.75, 3.05) is 18.1 Å². The molecule has 1 aromatic carbocycles. The van der Waals surface area contributed by atoms with E-state index >= 15 is 0 Å². The van der Waals surface area contributed by atoms with Gasteiger partial charge in [0.2, 0.25) is 0 Å². The zero-order valence-electron chi connectivity index (χ0n) is 9.03. The minimum atomic E-state index is 0.705. The third kappa shape index (κ3) is 3.06. The van der Waals surface area contributed by atoms with E-state index in [1.54, 1.807) is 0 Å². The molecule has 0 aliphatic heterocycles. The number of nitrogen functional groups attached to an aromatic ring is 1. The lowest BCUT2D eigenvalue weighted by Crippen LogP contribution is -1.94. The molecule has 0 spiro atoms. The predicted molar refractivity (Wildman–Crippen MR) is 65.5 cm³/mol. The molecule has 1 aliphatic rings. The normalized spacial score (nSPS) is 15.3. The molecule has 1 aliphatic carbocycles. The van der Waals surface area contributed by atoms with Crippen LogP contribution < -0.4 is 10.5 Å². The van der Waals surface area contributed by atoms with E-state index in [9.17, 15) is 0 Å². The van der Waals surface area contributed by atoms with Crippen LogP contribution in [0, 0.1) is 5.92 Å². The van der Waals surface area contributed by atoms with Crippen LogP contribution in [0.2, 0.25) is 0 Å². The largest absolute Gasteiger partial charge is 0.494 e. The van der Waals surface area contributed by atoms with Crippen LogP contribution in [-0.4, -0.2) is 12.4 Å². The Balaban J connectivity index is 2.01. The van der Waals surface area contributed by atoms with Gasteiger partial charge in [0.05, 0.1) is 6.61 Å². The van der Waals surface area contributed by atoms with E-state index in [0.29, 0.717) is 6.61 Å². The second-order valence-electron chi connectivity index (χ2n) is 3.89. The van der Waals surface area contributed by atoms with Crippen molar-refractivity contribution in [2.45, 2.75) is 24.7 Å². The molecule has 2 rings (SSSR count). The topological polar surface area (TPSA) is 35.2 Å². The van der Waals surface area contributed by atoms with Crippen molar-refractivity contribution in [1.29, 1.82) is 0 Å². The van der Waals surface area contributed by atoms with Gasteiger partial charge in [-0.2, -0.15) is 0 Å². The molecule has 0 amide bonds. The first kappa shape index (κ1) is 10.7. The number of benzene rings is 1. The van der Waals surface area contributed by atoms with Crippen molar-refractivity contribution in [3.05, 3.63) is 18.2 Å². The van der Waals surface area contributed by atoms with E-state index in [2.05, 4.69) is 0 Å². The van der Waals surface area contributed by atoms with E-state index < -0.39 is 0 Å². The second kappa shape index (κ2) is 4.79. The molecule has 0 unspecified atom stereocenters. The number of hydrogen-bond donors (Lipinski definition) is 1. The Kier molecular flexibility index (Phi) is 3.41. The number of thioether (sulfide) groups is 1. The van der Waals surface area contributed by atoms with Gasteiger partial charge in [0, 0.05) is 16.3 Å². The summed E-state index contributed by atoms with van der Waals surface area (Å²) < 4.78 is 5.46. The first-order chi connectivity index (χ1) is 7.29. The number of ether oxygens (including phenoxy) is 1. The molecule has 1 fully saturated rings. The molecule has 1 aromatic rings. The van der Waals surface area contributed by atoms with E-state index in [1.165, 1.54) is 18.6 Å². The summed E-state index contributed by atoms with van der Waals surface area (Å²) in [7, 11) is 0. The summed E-state index contributed by atoms with van der Waals surface area (Å²) in [5, 5.41) is 0. The quantitative estimate of drug-likeness (QED) is 0.615. The molecule has 1 saturated carbocycles. The summed E-state index contributed by atoms with van der Waals surface area (Å²) in [6.07, 6.45) is 2.77. The standard InChI is InChI=1S/C12H17NOS/c1-2-14-10-5-6-11(13)12(7-10)15-8-9-3-4-9/h5-7,9H,2-4,8,13H2,1H3. The summed E-state index contributed by atoms with van der Waals surface area (Å²) in [5.41, 5.74) is 6.78. The number of anilines is 1. The molecule has 2 nitrogen and oxygen atoms in total.